The van der Waals surface area contributed by atoms with E-state index in [1.165, 1.54) is 121 Å². The summed E-state index contributed by atoms with van der Waals surface area (Å²) in [5.74, 6) is -0.921. The largest absolute Gasteiger partial charge is 0.550 e. The van der Waals surface area contributed by atoms with E-state index in [4.69, 9.17) is 0 Å². The fourth-order valence-electron chi connectivity index (χ4n) is 4.73. The van der Waals surface area contributed by atoms with E-state index >= 15 is 0 Å². The molecule has 0 aromatic heterocycles. The van der Waals surface area contributed by atoms with Gasteiger partial charge < -0.3 is 14.4 Å². The summed E-state index contributed by atoms with van der Waals surface area (Å²) in [5, 5.41) is 10.2. The fourth-order valence-corrected chi connectivity index (χ4v) is 4.73. The topological polar surface area (TPSA) is 40.1 Å². The Kier molecular flexibility index (Phi) is 32.0. The first kappa shape index (κ1) is 38.1. The van der Waals surface area contributed by atoms with Gasteiger partial charge in [-0.05, 0) is 70.6 Å². The lowest BCUT2D eigenvalue weighted by atomic mass is 10.1. The fraction of sp³-hybridized carbons (Fsp3) is 0.853. The van der Waals surface area contributed by atoms with Crippen LogP contribution in [0.25, 0.3) is 0 Å². The van der Waals surface area contributed by atoms with E-state index in [0.29, 0.717) is 0 Å². The number of carboxylic acids is 1. The molecule has 0 fully saturated rings. The van der Waals surface area contributed by atoms with Gasteiger partial charge in [0.1, 0.15) is 0 Å². The Bertz CT molecular complexity index is 474. The number of carbonyl (C=O) groups is 1. The van der Waals surface area contributed by atoms with Crippen LogP contribution in [0.4, 0.5) is 0 Å². The van der Waals surface area contributed by atoms with Crippen LogP contribution >= 0.6 is 0 Å². The molecule has 0 saturated heterocycles. The molecule has 0 radical (unpaired) electrons. The standard InChI is InChI=1S/C18H32O2.C16H36N/c1-2-3-4-5-6-7-8-9-10-11-12-13-14-15-16-17-18(19)20;1-5-9-13-17(14-10-6-2,15-11-7-3)16-12-8-4/h6-7,9-10H,2-5,8,11-17H2,1H3,(H,19,20);5-16H2,1-4H3/q;+1/p-1/b7-6-,10-9-;. The van der Waals surface area contributed by atoms with Gasteiger partial charge in [-0.1, -0.05) is 117 Å². The number of quaternary nitrogens is 1. The normalized spacial score (nSPS) is 11.8. The van der Waals surface area contributed by atoms with Gasteiger partial charge in [-0.3, -0.25) is 0 Å². The minimum atomic E-state index is -0.921. The highest BCUT2D eigenvalue weighted by Gasteiger charge is 2.24. The summed E-state index contributed by atoms with van der Waals surface area (Å²) in [5.41, 5.74) is 0. The van der Waals surface area contributed by atoms with E-state index in [2.05, 4.69) is 58.9 Å². The van der Waals surface area contributed by atoms with E-state index in [9.17, 15) is 9.90 Å². The number of allylic oxidation sites excluding steroid dienone is 4. The second kappa shape index (κ2) is 31.1. The molecule has 0 N–H and O–H groups in total. The predicted octanol–water partition coefficient (Wildman–Crippen LogP) is 9.55. The van der Waals surface area contributed by atoms with Crippen molar-refractivity contribution in [2.24, 2.45) is 0 Å². The first-order valence-electron chi connectivity index (χ1n) is 16.4. The maximum absolute atomic E-state index is 10.2. The predicted molar refractivity (Wildman–Crippen MR) is 164 cm³/mol. The van der Waals surface area contributed by atoms with Crippen LogP contribution in [0.1, 0.15) is 163 Å². The average Bonchev–Trinajstić information content (AvgIpc) is 2.90. The minimum absolute atomic E-state index is 0.213. The minimum Gasteiger partial charge on any atom is -0.550 e. The van der Waals surface area contributed by atoms with Gasteiger partial charge in [0, 0.05) is 5.97 Å². The van der Waals surface area contributed by atoms with Crippen molar-refractivity contribution in [2.45, 2.75) is 163 Å². The molecule has 0 aliphatic carbocycles. The van der Waals surface area contributed by atoms with Crippen LogP contribution < -0.4 is 5.11 Å². The Balaban J connectivity index is 0. The molecule has 0 aromatic rings. The molecular weight excluding hydrogens is 454 g/mol. The molecule has 220 valence electrons. The maximum Gasteiger partial charge on any atom is 0.0786 e. The molecule has 0 heterocycles. The molecule has 3 nitrogen and oxygen atoms in total. The Hall–Kier alpha value is -1.09. The molecule has 0 bridgehead atoms. The van der Waals surface area contributed by atoms with Crippen LogP contribution in [-0.2, 0) is 4.79 Å². The zero-order chi connectivity index (χ0) is 27.9. The number of hydrogen-bond acceptors (Lipinski definition) is 2. The van der Waals surface area contributed by atoms with Crippen LogP contribution in [0, 0.1) is 0 Å². The zero-order valence-electron chi connectivity index (χ0n) is 26.0. The molecule has 0 spiro atoms. The number of rotatable bonds is 26. The molecule has 37 heavy (non-hydrogen) atoms. The van der Waals surface area contributed by atoms with Crippen molar-refractivity contribution in [3.05, 3.63) is 24.3 Å². The van der Waals surface area contributed by atoms with Crippen LogP contribution in [-0.4, -0.2) is 36.6 Å². The van der Waals surface area contributed by atoms with Gasteiger partial charge in [-0.25, -0.2) is 0 Å². The van der Waals surface area contributed by atoms with E-state index in [0.717, 1.165) is 32.1 Å². The monoisotopic (exact) mass is 522 g/mol. The van der Waals surface area contributed by atoms with Crippen molar-refractivity contribution in [3.63, 3.8) is 0 Å². The number of aliphatic carboxylic acids is 1. The summed E-state index contributed by atoms with van der Waals surface area (Å²) in [7, 11) is 0. The molecule has 3 heteroatoms. The SMILES string of the molecule is CCCCC/C=C\C/C=C\CCCCCCCC(=O)[O-].CCCC[N+](CCCC)(CCCC)CCCC. The molecule has 0 aliphatic heterocycles. The third kappa shape index (κ3) is 29.3. The Morgan fingerprint density at radius 1 is 0.514 bits per heavy atom. The maximum atomic E-state index is 10.2. The molecule has 0 amide bonds. The third-order valence-corrected chi connectivity index (χ3v) is 7.28. The second-order valence-corrected chi connectivity index (χ2v) is 11.0. The van der Waals surface area contributed by atoms with Crippen molar-refractivity contribution in [2.75, 3.05) is 26.2 Å². The number of carbonyl (C=O) groups excluding carboxylic acids is 1. The van der Waals surface area contributed by atoms with Gasteiger partial charge in [-0.2, -0.15) is 0 Å². The number of nitrogens with zero attached hydrogens (tertiary/aromatic N) is 1. The molecule has 0 saturated carbocycles. The number of unbranched alkanes of at least 4 members (excludes halogenated alkanes) is 12. The molecule has 0 rings (SSSR count). The van der Waals surface area contributed by atoms with Gasteiger partial charge in [-0.15, -0.1) is 0 Å². The summed E-state index contributed by atoms with van der Waals surface area (Å²) in [6.45, 7) is 17.3. The highest BCUT2D eigenvalue weighted by molar-refractivity contribution is 5.64. The summed E-state index contributed by atoms with van der Waals surface area (Å²) >= 11 is 0. The lowest BCUT2D eigenvalue weighted by Gasteiger charge is -2.39. The average molecular weight is 522 g/mol. The van der Waals surface area contributed by atoms with Crippen molar-refractivity contribution in [1.82, 2.24) is 0 Å². The van der Waals surface area contributed by atoms with Crippen LogP contribution in [0.15, 0.2) is 24.3 Å². The van der Waals surface area contributed by atoms with Crippen molar-refractivity contribution >= 4 is 5.97 Å². The van der Waals surface area contributed by atoms with E-state index in [1.54, 1.807) is 0 Å². The molecule has 0 aromatic carbocycles. The lowest BCUT2D eigenvalue weighted by molar-refractivity contribution is -0.929. The van der Waals surface area contributed by atoms with Crippen LogP contribution in [0.5, 0.6) is 0 Å². The summed E-state index contributed by atoms with van der Waals surface area (Å²) in [6, 6.07) is 0. The highest BCUT2D eigenvalue weighted by Crippen LogP contribution is 2.16. The van der Waals surface area contributed by atoms with Crippen LogP contribution in [0.3, 0.4) is 0 Å². The Labute approximate surface area is 233 Å². The van der Waals surface area contributed by atoms with Crippen molar-refractivity contribution < 1.29 is 14.4 Å². The summed E-state index contributed by atoms with van der Waals surface area (Å²) in [6.07, 6.45) is 33.0. The quantitative estimate of drug-likeness (QED) is 0.0645. The molecule has 0 unspecified atom stereocenters. The second-order valence-electron chi connectivity index (χ2n) is 11.0. The highest BCUT2D eigenvalue weighted by atomic mass is 16.4. The van der Waals surface area contributed by atoms with Crippen LogP contribution in [0.2, 0.25) is 0 Å². The first-order chi connectivity index (χ1) is 18.0. The number of hydrogen-bond donors (Lipinski definition) is 0. The molecular formula is C34H67NO2. The molecule has 0 atom stereocenters. The van der Waals surface area contributed by atoms with Gasteiger partial charge in [0.2, 0.25) is 0 Å². The zero-order valence-corrected chi connectivity index (χ0v) is 26.0. The first-order valence-corrected chi connectivity index (χ1v) is 16.4. The Morgan fingerprint density at radius 3 is 1.30 bits per heavy atom. The lowest BCUT2D eigenvalue weighted by Crippen LogP contribution is -2.50. The van der Waals surface area contributed by atoms with E-state index < -0.39 is 5.97 Å². The summed E-state index contributed by atoms with van der Waals surface area (Å²) in [4.78, 5) is 10.2. The molecule has 0 aliphatic rings. The van der Waals surface area contributed by atoms with E-state index in [-0.39, 0.29) is 6.42 Å². The van der Waals surface area contributed by atoms with Crippen molar-refractivity contribution in [3.8, 4) is 0 Å². The third-order valence-electron chi connectivity index (χ3n) is 7.28. The number of carboxylic acid groups (broad SMARTS) is 1. The van der Waals surface area contributed by atoms with E-state index in [1.807, 2.05) is 0 Å². The van der Waals surface area contributed by atoms with Gasteiger partial charge >= 0.3 is 0 Å². The smallest absolute Gasteiger partial charge is 0.0786 e. The Morgan fingerprint density at radius 2 is 0.892 bits per heavy atom. The van der Waals surface area contributed by atoms with Gasteiger partial charge in [0.05, 0.1) is 26.2 Å². The van der Waals surface area contributed by atoms with Crippen molar-refractivity contribution in [1.29, 1.82) is 0 Å². The van der Waals surface area contributed by atoms with Gasteiger partial charge in [0.25, 0.3) is 0 Å². The van der Waals surface area contributed by atoms with Gasteiger partial charge in [0.15, 0.2) is 0 Å². The summed E-state index contributed by atoms with van der Waals surface area (Å²) < 4.78 is 1.42.